The highest BCUT2D eigenvalue weighted by atomic mass is 35.5. The van der Waals surface area contributed by atoms with Crippen molar-refractivity contribution in [1.29, 1.82) is 0 Å². The second-order valence-corrected chi connectivity index (χ2v) is 9.66. The van der Waals surface area contributed by atoms with Crippen molar-refractivity contribution in [2.75, 3.05) is 18.0 Å². The number of anilines is 1. The lowest BCUT2D eigenvalue weighted by molar-refractivity contribution is -0.141. The Kier molecular flexibility index (Phi) is 8.17. The molecule has 1 aliphatic rings. The SMILES string of the molecule is CCNC(=O)C(CC)N(Cc1ccc(Cl)cc1Cl)C(=O)CCCN1C(=O)c2cccc3cccc1c23. The monoisotopic (exact) mass is 525 g/mol. The molecular formula is C28H29Cl2N3O3. The Labute approximate surface area is 221 Å². The van der Waals surface area contributed by atoms with Gasteiger partial charge < -0.3 is 15.1 Å². The van der Waals surface area contributed by atoms with Crippen molar-refractivity contribution in [2.45, 2.75) is 45.7 Å². The fourth-order valence-electron chi connectivity index (χ4n) is 4.78. The highest BCUT2D eigenvalue weighted by molar-refractivity contribution is 6.35. The number of carbonyl (C=O) groups is 3. The van der Waals surface area contributed by atoms with Crippen LogP contribution in [0.15, 0.2) is 54.6 Å². The summed E-state index contributed by atoms with van der Waals surface area (Å²) >= 11 is 12.4. The van der Waals surface area contributed by atoms with Gasteiger partial charge >= 0.3 is 0 Å². The van der Waals surface area contributed by atoms with Crippen LogP contribution in [0.5, 0.6) is 0 Å². The molecule has 4 rings (SSSR count). The number of hydrogen-bond acceptors (Lipinski definition) is 3. The number of likely N-dealkylation sites (N-methyl/N-ethyl adjacent to an activating group) is 1. The van der Waals surface area contributed by atoms with Gasteiger partial charge in [-0.05, 0) is 55.0 Å². The number of carbonyl (C=O) groups excluding carboxylic acids is 3. The molecular weight excluding hydrogens is 497 g/mol. The Bertz CT molecular complexity index is 1310. The minimum Gasteiger partial charge on any atom is -0.355 e. The summed E-state index contributed by atoms with van der Waals surface area (Å²) < 4.78 is 0. The summed E-state index contributed by atoms with van der Waals surface area (Å²) in [5, 5.41) is 5.76. The van der Waals surface area contributed by atoms with Crippen LogP contribution in [-0.4, -0.2) is 41.8 Å². The molecule has 0 bridgehead atoms. The number of rotatable bonds is 10. The highest BCUT2D eigenvalue weighted by Gasteiger charge is 2.31. The molecule has 0 aromatic heterocycles. The van der Waals surface area contributed by atoms with Gasteiger partial charge in [-0.25, -0.2) is 0 Å². The largest absolute Gasteiger partial charge is 0.355 e. The number of nitrogens with zero attached hydrogens (tertiary/aromatic N) is 2. The van der Waals surface area contributed by atoms with E-state index in [1.54, 1.807) is 28.0 Å². The van der Waals surface area contributed by atoms with Gasteiger partial charge in [-0.15, -0.1) is 0 Å². The Balaban J connectivity index is 1.50. The van der Waals surface area contributed by atoms with Crippen LogP contribution < -0.4 is 10.2 Å². The number of amides is 3. The third kappa shape index (κ3) is 5.20. The Morgan fingerprint density at radius 1 is 1.06 bits per heavy atom. The van der Waals surface area contributed by atoms with Crippen LogP contribution in [0.1, 0.15) is 49.0 Å². The number of nitrogens with one attached hydrogen (secondary N) is 1. The molecule has 1 N–H and O–H groups in total. The third-order valence-corrected chi connectivity index (χ3v) is 7.10. The zero-order chi connectivity index (χ0) is 25.8. The lowest BCUT2D eigenvalue weighted by atomic mass is 10.1. The molecule has 3 aromatic carbocycles. The van der Waals surface area contributed by atoms with Gasteiger partial charge in [0.05, 0.1) is 5.69 Å². The molecule has 0 aliphatic carbocycles. The molecule has 1 aliphatic heterocycles. The van der Waals surface area contributed by atoms with E-state index in [0.717, 1.165) is 16.5 Å². The first-order chi connectivity index (χ1) is 17.3. The van der Waals surface area contributed by atoms with Crippen LogP contribution in [0.4, 0.5) is 5.69 Å². The first-order valence-corrected chi connectivity index (χ1v) is 13.0. The Hall–Kier alpha value is -3.09. The van der Waals surface area contributed by atoms with Crippen LogP contribution in [0.25, 0.3) is 10.8 Å². The maximum atomic E-state index is 13.5. The van der Waals surface area contributed by atoms with E-state index >= 15 is 0 Å². The van der Waals surface area contributed by atoms with Crippen LogP contribution in [-0.2, 0) is 16.1 Å². The van der Waals surface area contributed by atoms with Crippen LogP contribution in [0.3, 0.4) is 0 Å². The van der Waals surface area contributed by atoms with Gasteiger partial charge in [-0.2, -0.15) is 0 Å². The number of halogens is 2. The number of hydrogen-bond donors (Lipinski definition) is 1. The first kappa shape index (κ1) is 26.0. The highest BCUT2D eigenvalue weighted by Crippen LogP contribution is 2.37. The molecule has 8 heteroatoms. The standard InChI is InChI=1S/C28H29Cl2N3O3/c1-3-23(27(35)31-4-2)33(17-19-13-14-20(29)16-22(19)30)25(34)12-7-15-32-24-11-6-9-18-8-5-10-21(26(18)24)28(32)36/h5-6,8-11,13-14,16,23H,3-4,7,12,15,17H2,1-2H3,(H,31,35). The van der Waals surface area contributed by atoms with E-state index in [4.69, 9.17) is 23.2 Å². The lowest BCUT2D eigenvalue weighted by Crippen LogP contribution is -2.49. The Morgan fingerprint density at radius 2 is 1.81 bits per heavy atom. The summed E-state index contributed by atoms with van der Waals surface area (Å²) in [5.41, 5.74) is 2.28. The van der Waals surface area contributed by atoms with Gasteiger partial charge in [0.1, 0.15) is 6.04 Å². The molecule has 1 atom stereocenters. The molecule has 36 heavy (non-hydrogen) atoms. The number of benzene rings is 3. The molecule has 1 heterocycles. The molecule has 0 saturated heterocycles. The Morgan fingerprint density at radius 3 is 2.50 bits per heavy atom. The summed E-state index contributed by atoms with van der Waals surface area (Å²) in [6.07, 6.45) is 1.12. The molecule has 0 fully saturated rings. The smallest absolute Gasteiger partial charge is 0.258 e. The molecule has 3 aromatic rings. The summed E-state index contributed by atoms with van der Waals surface area (Å²) in [7, 11) is 0. The molecule has 1 unspecified atom stereocenters. The fraction of sp³-hybridized carbons (Fsp3) is 0.321. The van der Waals surface area contributed by atoms with Crippen molar-refractivity contribution in [3.8, 4) is 0 Å². The molecule has 0 spiro atoms. The first-order valence-electron chi connectivity index (χ1n) is 12.2. The maximum Gasteiger partial charge on any atom is 0.258 e. The minimum absolute atomic E-state index is 0.0483. The average Bonchev–Trinajstić information content (AvgIpc) is 3.13. The normalized spacial score (nSPS) is 13.2. The van der Waals surface area contributed by atoms with Crippen LogP contribution >= 0.6 is 23.2 Å². The van der Waals surface area contributed by atoms with E-state index < -0.39 is 6.04 Å². The quantitative estimate of drug-likeness (QED) is 0.362. The van der Waals surface area contributed by atoms with Crippen LogP contribution in [0.2, 0.25) is 10.0 Å². The topological polar surface area (TPSA) is 69.7 Å². The van der Waals surface area contributed by atoms with Crippen LogP contribution in [0, 0.1) is 0 Å². The van der Waals surface area contributed by atoms with Crippen molar-refractivity contribution < 1.29 is 14.4 Å². The van der Waals surface area contributed by atoms with Gasteiger partial charge in [0.2, 0.25) is 11.8 Å². The van der Waals surface area contributed by atoms with Gasteiger partial charge in [-0.1, -0.05) is 60.5 Å². The molecule has 3 amide bonds. The van der Waals surface area contributed by atoms with Crippen molar-refractivity contribution >= 4 is 57.4 Å². The van der Waals surface area contributed by atoms with Crippen molar-refractivity contribution in [3.63, 3.8) is 0 Å². The summed E-state index contributed by atoms with van der Waals surface area (Å²) in [6, 6.07) is 16.1. The minimum atomic E-state index is -0.629. The van der Waals surface area contributed by atoms with E-state index in [-0.39, 0.29) is 30.7 Å². The van der Waals surface area contributed by atoms with E-state index in [9.17, 15) is 14.4 Å². The van der Waals surface area contributed by atoms with E-state index in [0.29, 0.717) is 47.1 Å². The second-order valence-electron chi connectivity index (χ2n) is 8.82. The summed E-state index contributed by atoms with van der Waals surface area (Å²) in [4.78, 5) is 42.7. The predicted molar refractivity (Wildman–Crippen MR) is 145 cm³/mol. The average molecular weight is 526 g/mol. The molecule has 6 nitrogen and oxygen atoms in total. The van der Waals surface area contributed by atoms with E-state index in [2.05, 4.69) is 5.32 Å². The third-order valence-electron chi connectivity index (χ3n) is 6.51. The van der Waals surface area contributed by atoms with Gasteiger partial charge in [0.25, 0.3) is 5.91 Å². The lowest BCUT2D eigenvalue weighted by Gasteiger charge is -2.31. The van der Waals surface area contributed by atoms with Crippen molar-refractivity contribution in [2.24, 2.45) is 0 Å². The fourth-order valence-corrected chi connectivity index (χ4v) is 5.25. The zero-order valence-corrected chi connectivity index (χ0v) is 21.9. The maximum absolute atomic E-state index is 13.5. The molecule has 0 saturated carbocycles. The predicted octanol–water partition coefficient (Wildman–Crippen LogP) is 5.83. The van der Waals surface area contributed by atoms with Gasteiger partial charge in [0, 0.05) is 47.1 Å². The summed E-state index contributed by atoms with van der Waals surface area (Å²) in [6.45, 7) is 4.80. The summed E-state index contributed by atoms with van der Waals surface area (Å²) in [5.74, 6) is -0.412. The van der Waals surface area contributed by atoms with E-state index in [1.165, 1.54) is 0 Å². The van der Waals surface area contributed by atoms with Gasteiger partial charge in [0.15, 0.2) is 0 Å². The van der Waals surface area contributed by atoms with Crippen molar-refractivity contribution in [1.82, 2.24) is 10.2 Å². The van der Waals surface area contributed by atoms with E-state index in [1.807, 2.05) is 50.2 Å². The molecule has 0 radical (unpaired) electrons. The van der Waals surface area contributed by atoms with Gasteiger partial charge in [-0.3, -0.25) is 14.4 Å². The second kappa shape index (κ2) is 11.3. The molecule has 188 valence electrons. The zero-order valence-electron chi connectivity index (χ0n) is 20.4. The van der Waals surface area contributed by atoms with Crippen molar-refractivity contribution in [3.05, 3.63) is 75.8 Å².